The number of nitrogens with one attached hydrogen (secondary N) is 1. The Balaban J connectivity index is 1.78. The first-order chi connectivity index (χ1) is 10.2. The topological polar surface area (TPSA) is 77.2 Å². The summed E-state index contributed by atoms with van der Waals surface area (Å²) in [6.45, 7) is 2.10. The SMILES string of the molecule is CCOC(=O)c1cc(Nc2nc(C3CC3)cs2)ccc1N. The van der Waals surface area contributed by atoms with Crippen molar-refractivity contribution in [3.8, 4) is 0 Å². The lowest BCUT2D eigenvalue weighted by Gasteiger charge is -2.08. The zero-order chi connectivity index (χ0) is 14.8. The summed E-state index contributed by atoms with van der Waals surface area (Å²) in [6, 6.07) is 5.23. The number of hydrogen-bond donors (Lipinski definition) is 2. The Morgan fingerprint density at radius 3 is 3.05 bits per heavy atom. The van der Waals surface area contributed by atoms with E-state index in [2.05, 4.69) is 15.7 Å². The standard InChI is InChI=1S/C15H17N3O2S/c1-2-20-14(19)11-7-10(5-6-12(11)16)17-15-18-13(8-21-15)9-3-4-9/h5-9H,2-4,16H2,1H3,(H,17,18). The molecule has 1 aliphatic rings. The Morgan fingerprint density at radius 2 is 2.33 bits per heavy atom. The largest absolute Gasteiger partial charge is 0.462 e. The highest BCUT2D eigenvalue weighted by atomic mass is 32.1. The molecule has 1 saturated carbocycles. The summed E-state index contributed by atoms with van der Waals surface area (Å²) in [5, 5.41) is 6.13. The number of ether oxygens (including phenoxy) is 1. The van der Waals surface area contributed by atoms with E-state index in [4.69, 9.17) is 10.5 Å². The third-order valence-electron chi connectivity index (χ3n) is 3.32. The zero-order valence-corrected chi connectivity index (χ0v) is 12.6. The van der Waals surface area contributed by atoms with Crippen molar-refractivity contribution in [1.29, 1.82) is 0 Å². The molecule has 3 rings (SSSR count). The number of benzene rings is 1. The van der Waals surface area contributed by atoms with Crippen LogP contribution in [0.3, 0.4) is 0 Å². The highest BCUT2D eigenvalue weighted by molar-refractivity contribution is 7.13. The van der Waals surface area contributed by atoms with Gasteiger partial charge >= 0.3 is 5.97 Å². The lowest BCUT2D eigenvalue weighted by Crippen LogP contribution is -2.08. The first kappa shape index (κ1) is 13.9. The molecule has 0 bridgehead atoms. The first-order valence-corrected chi connectivity index (χ1v) is 7.84. The Labute approximate surface area is 127 Å². The van der Waals surface area contributed by atoms with Gasteiger partial charge in [0.2, 0.25) is 0 Å². The van der Waals surface area contributed by atoms with Crippen molar-refractivity contribution >= 4 is 33.8 Å². The van der Waals surface area contributed by atoms with Crippen molar-refractivity contribution in [2.45, 2.75) is 25.7 Å². The third-order valence-corrected chi connectivity index (χ3v) is 4.09. The van der Waals surface area contributed by atoms with Crippen molar-refractivity contribution in [3.05, 3.63) is 34.8 Å². The van der Waals surface area contributed by atoms with E-state index in [9.17, 15) is 4.79 Å². The maximum Gasteiger partial charge on any atom is 0.340 e. The van der Waals surface area contributed by atoms with Crippen LogP contribution in [0, 0.1) is 0 Å². The van der Waals surface area contributed by atoms with Gasteiger partial charge in [-0.1, -0.05) is 0 Å². The van der Waals surface area contributed by atoms with Gasteiger partial charge in [-0.3, -0.25) is 0 Å². The van der Waals surface area contributed by atoms with Crippen LogP contribution in [0.1, 0.15) is 41.7 Å². The van der Waals surface area contributed by atoms with Crippen molar-refractivity contribution in [3.63, 3.8) is 0 Å². The van der Waals surface area contributed by atoms with E-state index in [0.29, 0.717) is 23.8 Å². The summed E-state index contributed by atoms with van der Waals surface area (Å²) in [6.07, 6.45) is 2.47. The van der Waals surface area contributed by atoms with Gasteiger partial charge in [0.25, 0.3) is 0 Å². The molecule has 1 aromatic heterocycles. The molecule has 2 aromatic rings. The molecule has 1 aliphatic carbocycles. The van der Waals surface area contributed by atoms with Crippen LogP contribution in [0.4, 0.5) is 16.5 Å². The summed E-state index contributed by atoms with van der Waals surface area (Å²) < 4.78 is 5.00. The second kappa shape index (κ2) is 5.73. The van der Waals surface area contributed by atoms with Crippen molar-refractivity contribution < 1.29 is 9.53 Å². The molecule has 6 heteroatoms. The summed E-state index contributed by atoms with van der Waals surface area (Å²) >= 11 is 1.57. The number of anilines is 3. The summed E-state index contributed by atoms with van der Waals surface area (Å²) in [7, 11) is 0. The van der Waals surface area contributed by atoms with Crippen LogP contribution >= 0.6 is 11.3 Å². The molecule has 0 saturated heterocycles. The van der Waals surface area contributed by atoms with E-state index < -0.39 is 5.97 Å². The molecule has 0 unspecified atom stereocenters. The normalized spacial score (nSPS) is 14.0. The molecule has 1 aromatic carbocycles. The lowest BCUT2D eigenvalue weighted by molar-refractivity contribution is 0.0527. The Morgan fingerprint density at radius 1 is 1.52 bits per heavy atom. The van der Waals surface area contributed by atoms with E-state index >= 15 is 0 Å². The Hall–Kier alpha value is -2.08. The molecule has 1 fully saturated rings. The monoisotopic (exact) mass is 303 g/mol. The molecule has 0 spiro atoms. The molecular formula is C15H17N3O2S. The average Bonchev–Trinajstić information content (AvgIpc) is 3.22. The number of nitrogen functional groups attached to an aromatic ring is 1. The minimum absolute atomic E-state index is 0.327. The molecule has 0 radical (unpaired) electrons. The molecule has 3 N–H and O–H groups in total. The number of carbonyl (C=O) groups is 1. The van der Waals surface area contributed by atoms with Crippen LogP contribution in [0.2, 0.25) is 0 Å². The number of rotatable bonds is 5. The molecule has 0 atom stereocenters. The fraction of sp³-hybridized carbons (Fsp3) is 0.333. The molecule has 5 nitrogen and oxygen atoms in total. The zero-order valence-electron chi connectivity index (χ0n) is 11.8. The maximum absolute atomic E-state index is 11.8. The molecular weight excluding hydrogens is 286 g/mol. The third kappa shape index (κ3) is 3.16. The number of carbonyl (C=O) groups excluding carboxylic acids is 1. The number of nitrogens with two attached hydrogens (primary N) is 1. The molecule has 21 heavy (non-hydrogen) atoms. The summed E-state index contributed by atoms with van der Waals surface area (Å²) in [5.41, 5.74) is 8.55. The number of hydrogen-bond acceptors (Lipinski definition) is 6. The molecule has 1 heterocycles. The average molecular weight is 303 g/mol. The van der Waals surface area contributed by atoms with Crippen molar-refractivity contribution in [1.82, 2.24) is 4.98 Å². The fourth-order valence-electron chi connectivity index (χ4n) is 2.05. The lowest BCUT2D eigenvalue weighted by atomic mass is 10.1. The van der Waals surface area contributed by atoms with Gasteiger partial charge in [0.05, 0.1) is 17.9 Å². The highest BCUT2D eigenvalue weighted by Gasteiger charge is 2.26. The molecule has 0 aliphatic heterocycles. The van der Waals surface area contributed by atoms with Crippen LogP contribution in [-0.4, -0.2) is 17.6 Å². The first-order valence-electron chi connectivity index (χ1n) is 6.96. The van der Waals surface area contributed by atoms with Crippen LogP contribution in [0.15, 0.2) is 23.6 Å². The van der Waals surface area contributed by atoms with Gasteiger partial charge in [0, 0.05) is 22.7 Å². The minimum Gasteiger partial charge on any atom is -0.462 e. The second-order valence-electron chi connectivity index (χ2n) is 5.00. The van der Waals surface area contributed by atoms with Crippen LogP contribution in [-0.2, 0) is 4.74 Å². The van der Waals surface area contributed by atoms with Gasteiger partial charge in [-0.2, -0.15) is 0 Å². The number of nitrogens with zero attached hydrogens (tertiary/aromatic N) is 1. The number of esters is 1. The minimum atomic E-state index is -0.406. The van der Waals surface area contributed by atoms with E-state index in [1.165, 1.54) is 12.8 Å². The maximum atomic E-state index is 11.8. The van der Waals surface area contributed by atoms with Gasteiger partial charge in [-0.25, -0.2) is 9.78 Å². The predicted molar refractivity (Wildman–Crippen MR) is 84.2 cm³/mol. The Kier molecular flexibility index (Phi) is 3.79. The summed E-state index contributed by atoms with van der Waals surface area (Å²) in [5.74, 6) is 0.231. The van der Waals surface area contributed by atoms with Gasteiger partial charge in [-0.15, -0.1) is 11.3 Å². The number of thiazole rings is 1. The van der Waals surface area contributed by atoms with Gasteiger partial charge < -0.3 is 15.8 Å². The van der Waals surface area contributed by atoms with E-state index in [-0.39, 0.29) is 0 Å². The Bertz CT molecular complexity index is 665. The quantitative estimate of drug-likeness (QED) is 0.652. The van der Waals surface area contributed by atoms with Crippen molar-refractivity contribution in [2.75, 3.05) is 17.7 Å². The summed E-state index contributed by atoms with van der Waals surface area (Å²) in [4.78, 5) is 16.4. The van der Waals surface area contributed by atoms with Crippen LogP contribution < -0.4 is 11.1 Å². The highest BCUT2D eigenvalue weighted by Crippen LogP contribution is 2.41. The van der Waals surface area contributed by atoms with Gasteiger partial charge in [0.15, 0.2) is 5.13 Å². The van der Waals surface area contributed by atoms with E-state index in [1.54, 1.807) is 30.4 Å². The molecule has 0 amide bonds. The van der Waals surface area contributed by atoms with Gasteiger partial charge in [0.1, 0.15) is 0 Å². The number of aromatic nitrogens is 1. The predicted octanol–water partition coefficient (Wildman–Crippen LogP) is 3.52. The second-order valence-corrected chi connectivity index (χ2v) is 5.86. The van der Waals surface area contributed by atoms with Crippen LogP contribution in [0.25, 0.3) is 0 Å². The van der Waals surface area contributed by atoms with E-state index in [0.717, 1.165) is 16.5 Å². The smallest absolute Gasteiger partial charge is 0.340 e. The fourth-order valence-corrected chi connectivity index (χ4v) is 2.87. The van der Waals surface area contributed by atoms with Gasteiger partial charge in [-0.05, 0) is 38.0 Å². The van der Waals surface area contributed by atoms with Crippen LogP contribution in [0.5, 0.6) is 0 Å². The molecule has 110 valence electrons. The van der Waals surface area contributed by atoms with E-state index in [1.807, 2.05) is 6.07 Å². The van der Waals surface area contributed by atoms with Crippen molar-refractivity contribution in [2.24, 2.45) is 0 Å².